The maximum absolute atomic E-state index is 10.6. The van der Waals surface area contributed by atoms with E-state index >= 15 is 0 Å². The van der Waals surface area contributed by atoms with Crippen LogP contribution in [0.1, 0.15) is 0 Å². The van der Waals surface area contributed by atoms with E-state index in [-0.39, 0.29) is 5.91 Å². The zero-order chi connectivity index (χ0) is 7.19. The molecule has 2 rings (SSSR count). The first-order chi connectivity index (χ1) is 4.72. The van der Waals surface area contributed by atoms with Crippen molar-refractivity contribution in [2.24, 2.45) is 5.41 Å². The molecular weight excluding hydrogens is 130 g/mol. The first kappa shape index (κ1) is 6.16. The zero-order valence-electron chi connectivity index (χ0n) is 5.80. The first-order valence-corrected chi connectivity index (χ1v) is 3.41. The monoisotopic (exact) mass is 140 g/mol. The fourth-order valence-electron chi connectivity index (χ4n) is 1.51. The van der Waals surface area contributed by atoms with Crippen molar-refractivity contribution in [3.05, 3.63) is 6.92 Å². The van der Waals surface area contributed by atoms with Crippen LogP contribution in [0.4, 0.5) is 0 Å². The van der Waals surface area contributed by atoms with Gasteiger partial charge in [-0.25, -0.2) is 0 Å². The lowest BCUT2D eigenvalue weighted by molar-refractivity contribution is -0.192. The molecule has 0 bridgehead atoms. The molecule has 2 heterocycles. The number of ether oxygens (including phenoxy) is 1. The topological polar surface area (TPSA) is 29.5 Å². The highest BCUT2D eigenvalue weighted by atomic mass is 16.5. The third-order valence-electron chi connectivity index (χ3n) is 2.22. The molecule has 2 aliphatic heterocycles. The lowest BCUT2D eigenvalue weighted by atomic mass is 9.78. The second kappa shape index (κ2) is 1.72. The van der Waals surface area contributed by atoms with E-state index in [0.29, 0.717) is 5.41 Å². The van der Waals surface area contributed by atoms with Gasteiger partial charge in [0.15, 0.2) is 0 Å². The Bertz CT molecular complexity index is 166. The number of hydrogen-bond acceptors (Lipinski definition) is 2. The van der Waals surface area contributed by atoms with Gasteiger partial charge in [-0.05, 0) is 0 Å². The number of hydrogen-bond donors (Lipinski definition) is 0. The number of carbonyl (C=O) groups excluding carboxylic acids is 1. The molecule has 0 aromatic heterocycles. The van der Waals surface area contributed by atoms with Crippen molar-refractivity contribution in [2.75, 3.05) is 26.3 Å². The van der Waals surface area contributed by atoms with Crippen molar-refractivity contribution in [3.63, 3.8) is 0 Å². The normalized spacial score (nSPS) is 27.5. The summed E-state index contributed by atoms with van der Waals surface area (Å²) in [4.78, 5) is 12.4. The molecular formula is C7H10NO2. The van der Waals surface area contributed by atoms with Crippen LogP contribution in [0, 0.1) is 12.3 Å². The van der Waals surface area contributed by atoms with Crippen LogP contribution in [0.2, 0.25) is 0 Å². The molecule has 0 aromatic rings. The van der Waals surface area contributed by atoms with E-state index in [4.69, 9.17) is 4.74 Å². The number of nitrogens with zero attached hydrogens (tertiary/aromatic N) is 1. The Hall–Kier alpha value is -0.570. The van der Waals surface area contributed by atoms with Crippen molar-refractivity contribution in [3.8, 4) is 0 Å². The number of carbonyl (C=O) groups is 1. The zero-order valence-corrected chi connectivity index (χ0v) is 5.80. The number of amides is 1. The van der Waals surface area contributed by atoms with Gasteiger partial charge in [0.1, 0.15) is 0 Å². The molecule has 3 heteroatoms. The van der Waals surface area contributed by atoms with Crippen molar-refractivity contribution in [1.29, 1.82) is 0 Å². The average Bonchev–Trinajstić information content (AvgIpc) is 1.54. The summed E-state index contributed by atoms with van der Waals surface area (Å²) in [5.74, 6) is -0.0578. The van der Waals surface area contributed by atoms with Crippen LogP contribution in [0.25, 0.3) is 0 Å². The van der Waals surface area contributed by atoms with Crippen LogP contribution < -0.4 is 0 Å². The van der Waals surface area contributed by atoms with E-state index < -0.39 is 0 Å². The Morgan fingerprint density at radius 3 is 2.40 bits per heavy atom. The summed E-state index contributed by atoms with van der Waals surface area (Å²) < 4.78 is 5.05. The van der Waals surface area contributed by atoms with Gasteiger partial charge in [-0.1, -0.05) is 0 Å². The number of rotatable bonds is 0. The largest absolute Gasteiger partial charge is 0.380 e. The molecule has 0 aromatic carbocycles. The Labute approximate surface area is 60.0 Å². The summed E-state index contributed by atoms with van der Waals surface area (Å²) in [5, 5.41) is 0. The highest BCUT2D eigenvalue weighted by Gasteiger charge is 2.49. The fraction of sp³-hybridized carbons (Fsp3) is 0.714. The molecule has 0 atom stereocenters. The summed E-state index contributed by atoms with van der Waals surface area (Å²) in [5.41, 5.74) is 0.341. The van der Waals surface area contributed by atoms with Gasteiger partial charge >= 0.3 is 0 Å². The summed E-state index contributed by atoms with van der Waals surface area (Å²) in [6.45, 7) is 6.70. The van der Waals surface area contributed by atoms with E-state index in [2.05, 4.69) is 6.92 Å². The quantitative estimate of drug-likeness (QED) is 0.461. The van der Waals surface area contributed by atoms with Crippen molar-refractivity contribution in [2.45, 2.75) is 0 Å². The van der Waals surface area contributed by atoms with Crippen molar-refractivity contribution in [1.82, 2.24) is 4.90 Å². The Kier molecular flexibility index (Phi) is 1.06. The van der Waals surface area contributed by atoms with Gasteiger partial charge in [-0.2, -0.15) is 0 Å². The van der Waals surface area contributed by atoms with Crippen LogP contribution in [-0.2, 0) is 9.53 Å². The van der Waals surface area contributed by atoms with Gasteiger partial charge in [0.2, 0.25) is 5.91 Å². The lowest BCUT2D eigenvalue weighted by Gasteiger charge is -2.54. The summed E-state index contributed by atoms with van der Waals surface area (Å²) in [6.07, 6.45) is 0. The van der Waals surface area contributed by atoms with Gasteiger partial charge < -0.3 is 9.64 Å². The van der Waals surface area contributed by atoms with E-state index in [1.54, 1.807) is 4.90 Å². The van der Waals surface area contributed by atoms with Gasteiger partial charge in [-0.15, -0.1) is 0 Å². The van der Waals surface area contributed by atoms with Crippen LogP contribution in [0.5, 0.6) is 0 Å². The first-order valence-electron chi connectivity index (χ1n) is 3.41. The van der Waals surface area contributed by atoms with Crippen LogP contribution in [0.15, 0.2) is 0 Å². The van der Waals surface area contributed by atoms with Crippen LogP contribution >= 0.6 is 0 Å². The molecule has 1 spiro atoms. The summed E-state index contributed by atoms with van der Waals surface area (Å²) >= 11 is 0. The number of likely N-dealkylation sites (tertiary alicyclic amines) is 1. The molecule has 10 heavy (non-hydrogen) atoms. The highest BCUT2D eigenvalue weighted by molar-refractivity contribution is 5.81. The maximum Gasteiger partial charge on any atom is 0.223 e. The Morgan fingerprint density at radius 1 is 1.50 bits per heavy atom. The predicted octanol–water partition coefficient (Wildman–Crippen LogP) is -0.321. The highest BCUT2D eigenvalue weighted by Crippen LogP contribution is 2.37. The van der Waals surface area contributed by atoms with E-state index in [9.17, 15) is 4.79 Å². The minimum absolute atomic E-state index is 0.0578. The third kappa shape index (κ3) is 0.669. The molecule has 2 aliphatic rings. The van der Waals surface area contributed by atoms with Crippen LogP contribution in [-0.4, -0.2) is 37.1 Å². The molecule has 0 aliphatic carbocycles. The van der Waals surface area contributed by atoms with Crippen LogP contribution in [0.3, 0.4) is 0 Å². The minimum atomic E-state index is -0.0578. The maximum atomic E-state index is 10.6. The lowest BCUT2D eigenvalue weighted by Crippen LogP contribution is -2.66. The molecule has 2 saturated heterocycles. The van der Waals surface area contributed by atoms with Gasteiger partial charge in [-0.3, -0.25) is 4.79 Å². The minimum Gasteiger partial charge on any atom is -0.380 e. The molecule has 55 valence electrons. The summed E-state index contributed by atoms with van der Waals surface area (Å²) in [7, 11) is 0. The molecule has 0 unspecified atom stereocenters. The fourth-order valence-corrected chi connectivity index (χ4v) is 1.51. The molecule has 1 amide bonds. The van der Waals surface area contributed by atoms with Gasteiger partial charge in [0, 0.05) is 20.0 Å². The van der Waals surface area contributed by atoms with E-state index in [1.807, 2.05) is 0 Å². The van der Waals surface area contributed by atoms with Gasteiger partial charge in [0.25, 0.3) is 0 Å². The molecule has 3 nitrogen and oxygen atoms in total. The average molecular weight is 140 g/mol. The van der Waals surface area contributed by atoms with E-state index in [0.717, 1.165) is 26.3 Å². The second-order valence-electron chi connectivity index (χ2n) is 3.24. The Balaban J connectivity index is 1.88. The second-order valence-corrected chi connectivity index (χ2v) is 3.24. The van der Waals surface area contributed by atoms with Crippen molar-refractivity contribution >= 4 is 5.91 Å². The molecule has 1 radical (unpaired) electrons. The van der Waals surface area contributed by atoms with Gasteiger partial charge in [0.05, 0.1) is 18.6 Å². The SMILES string of the molecule is [CH2]C(=O)N1CC2(COC2)C1. The predicted molar refractivity (Wildman–Crippen MR) is 35.2 cm³/mol. The smallest absolute Gasteiger partial charge is 0.223 e. The molecule has 2 fully saturated rings. The Morgan fingerprint density at radius 2 is 2.10 bits per heavy atom. The standard InChI is InChI=1S/C7H10NO2/c1-6(9)8-2-7(3-8)4-10-5-7/h1-5H2. The third-order valence-corrected chi connectivity index (χ3v) is 2.22. The van der Waals surface area contributed by atoms with Crippen molar-refractivity contribution < 1.29 is 9.53 Å². The molecule has 0 N–H and O–H groups in total. The molecule has 0 saturated carbocycles. The summed E-state index contributed by atoms with van der Waals surface area (Å²) in [6, 6.07) is 0. The van der Waals surface area contributed by atoms with E-state index in [1.165, 1.54) is 0 Å².